The van der Waals surface area contributed by atoms with Crippen molar-refractivity contribution in [2.75, 3.05) is 0 Å². The van der Waals surface area contributed by atoms with Crippen molar-refractivity contribution >= 4 is 22.1 Å². The number of aromatic nitrogens is 3. The van der Waals surface area contributed by atoms with Crippen molar-refractivity contribution in [3.8, 4) is 22.8 Å². The topological polar surface area (TPSA) is 34.8 Å². The van der Waals surface area contributed by atoms with Crippen molar-refractivity contribution in [1.29, 1.82) is 0 Å². The Kier molecular flexibility index (Phi) is 4.07. The lowest BCUT2D eigenvalue weighted by atomic mass is 10.0. The zero-order valence-corrected chi connectivity index (χ0v) is 18.1. The standard InChI is InChI=1S/C26H26N3O/c1-17-15-20-23(30-24(27-20)18-11-7-6-8-12-18)16-19(17)25-28(5)21-13-9-10-14-22(21)29(25)26(2,3)4/h6-16H,1-5H3/q+1. The highest BCUT2D eigenvalue weighted by Gasteiger charge is 2.33. The van der Waals surface area contributed by atoms with Gasteiger partial charge in [-0.05, 0) is 69.7 Å². The highest BCUT2D eigenvalue weighted by molar-refractivity contribution is 5.84. The Balaban J connectivity index is 1.79. The van der Waals surface area contributed by atoms with Crippen molar-refractivity contribution in [3.63, 3.8) is 0 Å². The molecule has 0 aliphatic heterocycles. The quantitative estimate of drug-likeness (QED) is 0.343. The molecule has 3 aromatic carbocycles. The molecule has 0 aliphatic rings. The van der Waals surface area contributed by atoms with Crippen LogP contribution in [0, 0.1) is 6.92 Å². The van der Waals surface area contributed by atoms with Gasteiger partial charge in [-0.2, -0.15) is 0 Å². The van der Waals surface area contributed by atoms with E-state index in [0.717, 1.165) is 22.2 Å². The Morgan fingerprint density at radius 3 is 2.37 bits per heavy atom. The number of hydrogen-bond acceptors (Lipinski definition) is 2. The highest BCUT2D eigenvalue weighted by Crippen LogP contribution is 2.34. The average molecular weight is 397 g/mol. The van der Waals surface area contributed by atoms with Crippen LogP contribution in [0.1, 0.15) is 26.3 Å². The summed E-state index contributed by atoms with van der Waals surface area (Å²) in [7, 11) is 2.14. The van der Waals surface area contributed by atoms with Gasteiger partial charge in [0.25, 0.3) is 5.82 Å². The first kappa shape index (κ1) is 18.6. The number of para-hydroxylation sites is 2. The molecule has 0 atom stereocenters. The number of fused-ring (bicyclic) bond motifs is 2. The van der Waals surface area contributed by atoms with Crippen molar-refractivity contribution in [2.45, 2.75) is 33.2 Å². The molecule has 0 amide bonds. The normalized spacial score (nSPS) is 12.2. The van der Waals surface area contributed by atoms with Gasteiger partial charge >= 0.3 is 0 Å². The maximum atomic E-state index is 6.18. The summed E-state index contributed by atoms with van der Waals surface area (Å²) in [5.74, 6) is 1.82. The van der Waals surface area contributed by atoms with Gasteiger partial charge in [0.15, 0.2) is 16.6 Å². The third-order valence-corrected chi connectivity index (χ3v) is 5.68. The van der Waals surface area contributed by atoms with Crippen LogP contribution in [0.5, 0.6) is 0 Å². The fourth-order valence-electron chi connectivity index (χ4n) is 4.32. The smallest absolute Gasteiger partial charge is 0.290 e. The van der Waals surface area contributed by atoms with E-state index in [-0.39, 0.29) is 5.54 Å². The lowest BCUT2D eigenvalue weighted by Gasteiger charge is -2.18. The molecule has 0 saturated heterocycles. The van der Waals surface area contributed by atoms with Gasteiger partial charge in [-0.25, -0.2) is 14.1 Å². The zero-order chi connectivity index (χ0) is 21.0. The predicted molar refractivity (Wildman–Crippen MR) is 121 cm³/mol. The van der Waals surface area contributed by atoms with E-state index in [4.69, 9.17) is 9.40 Å². The molecule has 0 aliphatic carbocycles. The van der Waals surface area contributed by atoms with E-state index in [0.29, 0.717) is 5.89 Å². The lowest BCUT2D eigenvalue weighted by molar-refractivity contribution is -0.634. The van der Waals surface area contributed by atoms with E-state index < -0.39 is 0 Å². The number of oxazole rings is 1. The average Bonchev–Trinajstić information content (AvgIpc) is 3.26. The third-order valence-electron chi connectivity index (χ3n) is 5.68. The molecular weight excluding hydrogens is 370 g/mol. The number of hydrogen-bond donors (Lipinski definition) is 0. The van der Waals surface area contributed by atoms with Crippen LogP contribution >= 0.6 is 0 Å². The minimum Gasteiger partial charge on any atom is -0.436 e. The molecular formula is C26H26N3O+. The van der Waals surface area contributed by atoms with Crippen LogP contribution in [0.25, 0.3) is 45.0 Å². The minimum absolute atomic E-state index is 0.0752. The molecule has 2 aromatic heterocycles. The Hall–Kier alpha value is -3.40. The molecule has 0 saturated carbocycles. The van der Waals surface area contributed by atoms with Gasteiger partial charge in [-0.15, -0.1) is 0 Å². The second-order valence-electron chi connectivity index (χ2n) is 8.90. The summed E-state index contributed by atoms with van der Waals surface area (Å²) in [6.07, 6.45) is 0. The van der Waals surface area contributed by atoms with Crippen LogP contribution in [-0.2, 0) is 12.6 Å². The van der Waals surface area contributed by atoms with Crippen LogP contribution in [0.3, 0.4) is 0 Å². The maximum absolute atomic E-state index is 6.18. The van der Waals surface area contributed by atoms with Crippen molar-refractivity contribution in [1.82, 2.24) is 9.55 Å². The first-order chi connectivity index (χ1) is 14.3. The van der Waals surface area contributed by atoms with E-state index in [1.54, 1.807) is 0 Å². The van der Waals surface area contributed by atoms with Crippen LogP contribution in [0.2, 0.25) is 0 Å². The summed E-state index contributed by atoms with van der Waals surface area (Å²) in [6, 6.07) is 22.9. The summed E-state index contributed by atoms with van der Waals surface area (Å²) < 4.78 is 10.9. The summed E-state index contributed by atoms with van der Waals surface area (Å²) >= 11 is 0. The minimum atomic E-state index is -0.0752. The van der Waals surface area contributed by atoms with E-state index in [9.17, 15) is 0 Å². The summed E-state index contributed by atoms with van der Waals surface area (Å²) in [6.45, 7) is 8.90. The van der Waals surface area contributed by atoms with Gasteiger partial charge in [-0.3, -0.25) is 0 Å². The fourth-order valence-corrected chi connectivity index (χ4v) is 4.32. The number of imidazole rings is 1. The molecule has 5 rings (SSSR count). The maximum Gasteiger partial charge on any atom is 0.290 e. The first-order valence-electron chi connectivity index (χ1n) is 10.3. The van der Waals surface area contributed by atoms with E-state index in [1.807, 2.05) is 30.3 Å². The molecule has 30 heavy (non-hydrogen) atoms. The largest absolute Gasteiger partial charge is 0.436 e. The molecule has 0 bridgehead atoms. The second kappa shape index (κ2) is 6.56. The van der Waals surface area contributed by atoms with Crippen LogP contribution in [0.4, 0.5) is 0 Å². The van der Waals surface area contributed by atoms with Crippen molar-refractivity contribution < 1.29 is 8.98 Å². The molecule has 0 spiro atoms. The second-order valence-corrected chi connectivity index (χ2v) is 8.90. The van der Waals surface area contributed by atoms with E-state index in [1.165, 1.54) is 22.4 Å². The molecule has 150 valence electrons. The van der Waals surface area contributed by atoms with Gasteiger partial charge < -0.3 is 4.42 Å². The zero-order valence-electron chi connectivity index (χ0n) is 18.1. The van der Waals surface area contributed by atoms with Crippen molar-refractivity contribution in [3.05, 3.63) is 72.3 Å². The summed E-state index contributed by atoms with van der Waals surface area (Å²) in [5, 5.41) is 0. The van der Waals surface area contributed by atoms with Crippen LogP contribution < -0.4 is 4.57 Å². The molecule has 0 unspecified atom stereocenters. The lowest BCUT2D eigenvalue weighted by Crippen LogP contribution is -2.33. The number of nitrogens with zero attached hydrogens (tertiary/aromatic N) is 3. The summed E-state index contributed by atoms with van der Waals surface area (Å²) in [4.78, 5) is 4.73. The first-order valence-corrected chi connectivity index (χ1v) is 10.3. The molecule has 2 heterocycles. The number of rotatable bonds is 2. The molecule has 4 heteroatoms. The van der Waals surface area contributed by atoms with Gasteiger partial charge in [0, 0.05) is 5.56 Å². The fraction of sp³-hybridized carbons (Fsp3) is 0.231. The number of aryl methyl sites for hydroxylation is 2. The third kappa shape index (κ3) is 2.83. The Labute approximate surface area is 176 Å². The van der Waals surface area contributed by atoms with Crippen LogP contribution in [-0.4, -0.2) is 9.55 Å². The SMILES string of the molecule is Cc1cc2nc(-c3ccccc3)oc2cc1-c1n(C(C)(C)C)c2ccccc2[n+]1C. The molecule has 0 radical (unpaired) electrons. The Bertz CT molecular complexity index is 1390. The molecule has 0 N–H and O–H groups in total. The predicted octanol–water partition coefficient (Wildman–Crippen LogP) is 6.00. The molecule has 0 fully saturated rings. The van der Waals surface area contributed by atoms with E-state index in [2.05, 4.69) is 80.3 Å². The number of benzene rings is 3. The highest BCUT2D eigenvalue weighted by atomic mass is 16.3. The Morgan fingerprint density at radius 1 is 0.933 bits per heavy atom. The van der Waals surface area contributed by atoms with Gasteiger partial charge in [-0.1, -0.05) is 30.3 Å². The van der Waals surface area contributed by atoms with Crippen LogP contribution in [0.15, 0.2) is 71.1 Å². The summed E-state index contributed by atoms with van der Waals surface area (Å²) in [5.41, 5.74) is 7.38. The van der Waals surface area contributed by atoms with Crippen molar-refractivity contribution in [2.24, 2.45) is 7.05 Å². The monoisotopic (exact) mass is 396 g/mol. The van der Waals surface area contributed by atoms with Gasteiger partial charge in [0.1, 0.15) is 11.1 Å². The van der Waals surface area contributed by atoms with E-state index >= 15 is 0 Å². The molecule has 4 nitrogen and oxygen atoms in total. The molecule has 5 aromatic rings. The van der Waals surface area contributed by atoms with Gasteiger partial charge in [0.05, 0.1) is 12.6 Å². The Morgan fingerprint density at radius 2 is 1.63 bits per heavy atom. The van der Waals surface area contributed by atoms with Gasteiger partial charge in [0.2, 0.25) is 5.89 Å².